The molecular formula is C24H24ClN3O4S. The van der Waals surface area contributed by atoms with Crippen molar-refractivity contribution >= 4 is 46.3 Å². The number of halogens is 1. The molecule has 2 aromatic carbocycles. The van der Waals surface area contributed by atoms with Gasteiger partial charge >= 0.3 is 0 Å². The molecule has 1 atom stereocenters. The number of carbonyl (C=O) groups is 2. The summed E-state index contributed by atoms with van der Waals surface area (Å²) in [6.45, 7) is 7.87. The van der Waals surface area contributed by atoms with Crippen LogP contribution in [0.25, 0.3) is 0 Å². The van der Waals surface area contributed by atoms with Gasteiger partial charge in [0.2, 0.25) is 6.41 Å². The Morgan fingerprint density at radius 2 is 1.79 bits per heavy atom. The number of hydrogen-bond donors (Lipinski definition) is 2. The quantitative estimate of drug-likeness (QED) is 0.499. The highest BCUT2D eigenvalue weighted by Crippen LogP contribution is 2.30. The topological polar surface area (TPSA) is 99.3 Å². The number of benzene rings is 2. The van der Waals surface area contributed by atoms with Crippen molar-refractivity contribution in [3.05, 3.63) is 86.8 Å². The summed E-state index contributed by atoms with van der Waals surface area (Å²) in [4.78, 5) is 40.9. The Morgan fingerprint density at radius 3 is 2.36 bits per heavy atom. The maximum atomic E-state index is 13.3. The van der Waals surface area contributed by atoms with Crippen molar-refractivity contribution in [1.82, 2.24) is 4.98 Å². The Labute approximate surface area is 199 Å². The molecule has 9 heteroatoms. The second-order valence-electron chi connectivity index (χ2n) is 8.41. The predicted octanol–water partition coefficient (Wildman–Crippen LogP) is 4.57. The van der Waals surface area contributed by atoms with E-state index >= 15 is 0 Å². The lowest BCUT2D eigenvalue weighted by molar-refractivity contribution is -0.106. The van der Waals surface area contributed by atoms with Crippen molar-refractivity contribution in [3.8, 4) is 0 Å². The Kier molecular flexibility index (Phi) is 7.19. The zero-order valence-electron chi connectivity index (χ0n) is 18.6. The first-order chi connectivity index (χ1) is 15.5. The van der Waals surface area contributed by atoms with Crippen LogP contribution in [0.15, 0.2) is 64.4 Å². The molecular weight excluding hydrogens is 462 g/mol. The lowest BCUT2D eigenvalue weighted by atomic mass is 9.87. The van der Waals surface area contributed by atoms with Gasteiger partial charge in [0.05, 0.1) is 16.1 Å². The number of imide groups is 1. The van der Waals surface area contributed by atoms with E-state index in [0.29, 0.717) is 15.4 Å². The van der Waals surface area contributed by atoms with Crippen LogP contribution in [0.4, 0.5) is 11.4 Å². The van der Waals surface area contributed by atoms with Crippen molar-refractivity contribution in [2.45, 2.75) is 38.0 Å². The monoisotopic (exact) mass is 485 g/mol. The molecule has 0 aliphatic rings. The van der Waals surface area contributed by atoms with Gasteiger partial charge in [-0.3, -0.25) is 14.4 Å². The van der Waals surface area contributed by atoms with Gasteiger partial charge in [-0.2, -0.15) is 0 Å². The van der Waals surface area contributed by atoms with Crippen molar-refractivity contribution in [2.75, 3.05) is 9.62 Å². The van der Waals surface area contributed by atoms with Crippen LogP contribution in [0.5, 0.6) is 0 Å². The highest BCUT2D eigenvalue weighted by Gasteiger charge is 2.26. The number of aromatic amines is 1. The zero-order chi connectivity index (χ0) is 24.3. The van der Waals surface area contributed by atoms with Crippen LogP contribution in [-0.4, -0.2) is 21.5 Å². The number of hydrogen-bond acceptors (Lipinski definition) is 4. The Morgan fingerprint density at radius 1 is 1.12 bits per heavy atom. The van der Waals surface area contributed by atoms with E-state index in [1.165, 1.54) is 24.4 Å². The van der Waals surface area contributed by atoms with Gasteiger partial charge in [-0.25, -0.2) is 9.11 Å². The van der Waals surface area contributed by atoms with Gasteiger partial charge in [-0.1, -0.05) is 44.5 Å². The molecule has 2 N–H and O–H groups in total. The number of amides is 2. The normalized spacial score (nSPS) is 12.2. The zero-order valence-corrected chi connectivity index (χ0v) is 20.2. The molecule has 3 rings (SSSR count). The number of pyridine rings is 1. The van der Waals surface area contributed by atoms with Gasteiger partial charge in [0.15, 0.2) is 0 Å². The molecule has 0 saturated carbocycles. The summed E-state index contributed by atoms with van der Waals surface area (Å²) in [5, 5.41) is 0.289. The van der Waals surface area contributed by atoms with Crippen LogP contribution in [-0.2, 0) is 21.2 Å². The summed E-state index contributed by atoms with van der Waals surface area (Å²) >= 11 is 6.24. The molecule has 7 nitrogen and oxygen atoms in total. The Balaban J connectivity index is 1.99. The number of nitrogens with one attached hydrogen (secondary N) is 2. The van der Waals surface area contributed by atoms with Crippen LogP contribution in [0.3, 0.4) is 0 Å². The molecule has 0 saturated heterocycles. The van der Waals surface area contributed by atoms with E-state index in [-0.39, 0.29) is 33.8 Å². The van der Waals surface area contributed by atoms with E-state index in [9.17, 15) is 18.6 Å². The van der Waals surface area contributed by atoms with E-state index in [4.69, 9.17) is 11.6 Å². The standard InChI is InChI=1S/C24H24ClN3O4S/c1-15-18(25)11-12-19(27-33(32)17-9-7-16(8-10-17)24(2,3)4)21(15)23(31)28(14-29)20-6-5-13-26-22(20)30/h5-14,27H,1-4H3,(H,26,30). The van der Waals surface area contributed by atoms with Crippen LogP contribution in [0.2, 0.25) is 5.02 Å². The minimum Gasteiger partial charge on any atom is -0.327 e. The summed E-state index contributed by atoms with van der Waals surface area (Å²) in [5.41, 5.74) is 0.948. The van der Waals surface area contributed by atoms with Crippen LogP contribution in [0.1, 0.15) is 42.3 Å². The first-order valence-corrected chi connectivity index (χ1v) is 11.6. The lowest BCUT2D eigenvalue weighted by Crippen LogP contribution is -2.34. The largest absolute Gasteiger partial charge is 0.327 e. The molecule has 3 aromatic rings. The molecule has 0 aliphatic heterocycles. The molecule has 0 radical (unpaired) electrons. The minimum atomic E-state index is -1.70. The summed E-state index contributed by atoms with van der Waals surface area (Å²) in [5.74, 6) is -0.774. The number of anilines is 2. The average Bonchev–Trinajstić information content (AvgIpc) is 2.77. The molecule has 172 valence electrons. The van der Waals surface area contributed by atoms with Gasteiger partial charge in [-0.15, -0.1) is 0 Å². The summed E-state index contributed by atoms with van der Waals surface area (Å²) in [6, 6.07) is 13.3. The second-order valence-corrected chi connectivity index (χ2v) is 10.0. The maximum Gasteiger partial charge on any atom is 0.272 e. The van der Waals surface area contributed by atoms with Gasteiger partial charge in [0.25, 0.3) is 11.5 Å². The lowest BCUT2D eigenvalue weighted by Gasteiger charge is -2.20. The second kappa shape index (κ2) is 9.72. The molecule has 0 spiro atoms. The number of rotatable bonds is 6. The molecule has 1 aromatic heterocycles. The molecule has 1 heterocycles. The van der Waals surface area contributed by atoms with Gasteiger partial charge < -0.3 is 9.71 Å². The first kappa shape index (κ1) is 24.4. The molecule has 0 fully saturated rings. The predicted molar refractivity (Wildman–Crippen MR) is 131 cm³/mol. The highest BCUT2D eigenvalue weighted by atomic mass is 35.5. The number of H-pyrrole nitrogens is 1. The molecule has 0 bridgehead atoms. The highest BCUT2D eigenvalue weighted by molar-refractivity contribution is 7.86. The molecule has 2 amide bonds. The number of carbonyl (C=O) groups excluding carboxylic acids is 2. The van der Waals surface area contributed by atoms with Crippen LogP contribution in [0, 0.1) is 6.92 Å². The Hall–Kier alpha value is -3.23. The van der Waals surface area contributed by atoms with E-state index in [1.807, 2.05) is 12.1 Å². The summed E-state index contributed by atoms with van der Waals surface area (Å²) < 4.78 is 15.9. The van der Waals surface area contributed by atoms with E-state index in [0.717, 1.165) is 5.56 Å². The minimum absolute atomic E-state index is 0.0394. The van der Waals surface area contributed by atoms with Crippen molar-refractivity contribution in [2.24, 2.45) is 0 Å². The fourth-order valence-electron chi connectivity index (χ4n) is 3.22. The fraction of sp³-hybridized carbons (Fsp3) is 0.208. The first-order valence-electron chi connectivity index (χ1n) is 10.1. The third kappa shape index (κ3) is 5.23. The average molecular weight is 486 g/mol. The van der Waals surface area contributed by atoms with Gasteiger partial charge in [-0.05, 0) is 59.9 Å². The van der Waals surface area contributed by atoms with Crippen molar-refractivity contribution in [3.63, 3.8) is 0 Å². The van der Waals surface area contributed by atoms with E-state index in [1.54, 1.807) is 25.1 Å². The molecule has 0 aliphatic carbocycles. The van der Waals surface area contributed by atoms with Gasteiger partial charge in [0.1, 0.15) is 16.7 Å². The molecule has 1 unspecified atom stereocenters. The maximum absolute atomic E-state index is 13.3. The summed E-state index contributed by atoms with van der Waals surface area (Å²) in [7, 11) is -1.70. The van der Waals surface area contributed by atoms with Crippen LogP contribution >= 0.6 is 11.6 Å². The number of nitrogens with zero attached hydrogens (tertiary/aromatic N) is 1. The SMILES string of the molecule is Cc1c(Cl)ccc(NS(=O)c2ccc(C(C)(C)C)cc2)c1C(=O)N(C=O)c1ccc[nH]c1=O. The third-order valence-corrected chi connectivity index (χ3v) is 6.65. The smallest absolute Gasteiger partial charge is 0.272 e. The third-order valence-electron chi connectivity index (χ3n) is 5.13. The summed E-state index contributed by atoms with van der Waals surface area (Å²) in [6.07, 6.45) is 1.66. The number of aromatic nitrogens is 1. The fourth-order valence-corrected chi connectivity index (χ4v) is 4.25. The molecule has 33 heavy (non-hydrogen) atoms. The van der Waals surface area contributed by atoms with Crippen molar-refractivity contribution in [1.29, 1.82) is 0 Å². The van der Waals surface area contributed by atoms with Crippen molar-refractivity contribution < 1.29 is 13.8 Å². The Bertz CT molecular complexity index is 1280. The van der Waals surface area contributed by atoms with E-state index < -0.39 is 22.5 Å². The van der Waals surface area contributed by atoms with Crippen LogP contribution < -0.4 is 15.2 Å². The van der Waals surface area contributed by atoms with E-state index in [2.05, 4.69) is 30.5 Å². The van der Waals surface area contributed by atoms with Gasteiger partial charge in [0, 0.05) is 11.2 Å².